The molecule has 1 N–H and O–H groups in total. The van der Waals surface area contributed by atoms with Gasteiger partial charge in [-0.3, -0.25) is 4.90 Å². The van der Waals surface area contributed by atoms with E-state index in [0.717, 1.165) is 44.0 Å². The van der Waals surface area contributed by atoms with Crippen LogP contribution < -0.4 is 5.32 Å². The second-order valence-corrected chi connectivity index (χ2v) is 6.73. The van der Waals surface area contributed by atoms with Crippen molar-refractivity contribution < 1.29 is 4.74 Å². The Balaban J connectivity index is 1.45. The lowest BCUT2D eigenvalue weighted by atomic mass is 10.1. The number of ether oxygens (including phenoxy) is 1. The molecule has 0 amide bonds. The van der Waals surface area contributed by atoms with Crippen LogP contribution >= 0.6 is 0 Å². The summed E-state index contributed by atoms with van der Waals surface area (Å²) < 4.78 is 7.95. The van der Waals surface area contributed by atoms with Gasteiger partial charge in [-0.15, -0.1) is 0 Å². The fourth-order valence-corrected chi connectivity index (χ4v) is 3.56. The second kappa shape index (κ2) is 7.85. The Morgan fingerprint density at radius 1 is 1.23 bits per heavy atom. The van der Waals surface area contributed by atoms with Gasteiger partial charge >= 0.3 is 0 Å². The molecule has 6 nitrogen and oxygen atoms in total. The maximum atomic E-state index is 6.11. The smallest absolute Gasteiger partial charge is 0.152 e. The molecular formula is C20H25N5O. The van der Waals surface area contributed by atoms with Crippen LogP contribution in [0.3, 0.4) is 0 Å². The lowest BCUT2D eigenvalue weighted by Gasteiger charge is -2.37. The lowest BCUT2D eigenvalue weighted by Crippen LogP contribution is -2.49. The molecule has 2 atom stereocenters. The predicted octanol–water partition coefficient (Wildman–Crippen LogP) is 2.82. The van der Waals surface area contributed by atoms with Crippen LogP contribution in [0.15, 0.2) is 55.0 Å². The second-order valence-electron chi connectivity index (χ2n) is 6.73. The summed E-state index contributed by atoms with van der Waals surface area (Å²) in [6.07, 6.45) is 6.55. The van der Waals surface area contributed by atoms with Gasteiger partial charge in [0, 0.05) is 32.0 Å². The fraction of sp³-hybridized carbons (Fsp3) is 0.400. The van der Waals surface area contributed by atoms with Crippen molar-refractivity contribution in [2.24, 2.45) is 0 Å². The zero-order valence-electron chi connectivity index (χ0n) is 15.1. The van der Waals surface area contributed by atoms with Gasteiger partial charge in [0.05, 0.1) is 24.9 Å². The van der Waals surface area contributed by atoms with E-state index in [4.69, 9.17) is 4.74 Å². The Labute approximate surface area is 153 Å². The number of morpholine rings is 1. The monoisotopic (exact) mass is 351 g/mol. The van der Waals surface area contributed by atoms with Crippen molar-refractivity contribution in [2.75, 3.05) is 25.0 Å². The maximum Gasteiger partial charge on any atom is 0.152 e. The van der Waals surface area contributed by atoms with Crippen molar-refractivity contribution in [1.82, 2.24) is 19.5 Å². The molecule has 4 rings (SSSR count). The van der Waals surface area contributed by atoms with Gasteiger partial charge in [0.1, 0.15) is 5.52 Å². The highest BCUT2D eigenvalue weighted by atomic mass is 16.5. The molecule has 1 aliphatic heterocycles. The molecule has 1 saturated heterocycles. The third kappa shape index (κ3) is 3.71. The summed E-state index contributed by atoms with van der Waals surface area (Å²) in [4.78, 5) is 6.98. The highest BCUT2D eigenvalue weighted by Crippen LogP contribution is 2.20. The molecule has 0 aliphatic carbocycles. The number of hydrogen-bond acceptors (Lipinski definition) is 5. The number of nitrogens with one attached hydrogen (secondary N) is 1. The summed E-state index contributed by atoms with van der Waals surface area (Å²) in [6, 6.07) is 12.8. The number of rotatable bonds is 6. The maximum absolute atomic E-state index is 6.11. The van der Waals surface area contributed by atoms with E-state index in [1.807, 2.05) is 16.8 Å². The van der Waals surface area contributed by atoms with Gasteiger partial charge in [0.15, 0.2) is 5.82 Å². The summed E-state index contributed by atoms with van der Waals surface area (Å²) in [5.41, 5.74) is 2.34. The van der Waals surface area contributed by atoms with Crippen LogP contribution in [-0.2, 0) is 11.3 Å². The summed E-state index contributed by atoms with van der Waals surface area (Å²) in [7, 11) is 0. The molecule has 136 valence electrons. The van der Waals surface area contributed by atoms with Gasteiger partial charge in [0.2, 0.25) is 0 Å². The molecule has 0 saturated carbocycles. The van der Waals surface area contributed by atoms with E-state index in [1.165, 1.54) is 5.56 Å². The average molecular weight is 351 g/mol. The van der Waals surface area contributed by atoms with Gasteiger partial charge in [-0.1, -0.05) is 37.3 Å². The van der Waals surface area contributed by atoms with Crippen LogP contribution in [0.5, 0.6) is 0 Å². The predicted molar refractivity (Wildman–Crippen MR) is 102 cm³/mol. The van der Waals surface area contributed by atoms with Crippen LogP contribution in [0.1, 0.15) is 18.9 Å². The first-order chi connectivity index (χ1) is 12.8. The zero-order chi connectivity index (χ0) is 17.8. The zero-order valence-corrected chi connectivity index (χ0v) is 15.1. The molecule has 0 bridgehead atoms. The van der Waals surface area contributed by atoms with Gasteiger partial charge in [0.25, 0.3) is 0 Å². The van der Waals surface area contributed by atoms with Crippen LogP contribution in [-0.4, -0.2) is 51.3 Å². The number of aromatic nitrogens is 3. The Bertz CT molecular complexity index is 834. The van der Waals surface area contributed by atoms with Crippen molar-refractivity contribution >= 4 is 11.3 Å². The lowest BCUT2D eigenvalue weighted by molar-refractivity contribution is -0.0402. The molecule has 2 aromatic heterocycles. The minimum Gasteiger partial charge on any atom is -0.373 e. The summed E-state index contributed by atoms with van der Waals surface area (Å²) in [5.74, 6) is 0.862. The molecule has 2 unspecified atom stereocenters. The third-order valence-electron chi connectivity index (χ3n) is 4.96. The van der Waals surface area contributed by atoms with Crippen molar-refractivity contribution in [1.29, 1.82) is 0 Å². The number of anilines is 1. The standard InChI is InChI=1S/C20H25N5O/c1-2-17(23-20-18-8-9-22-25(18)11-10-21-20)19-15-24(12-13-26-19)14-16-6-4-3-5-7-16/h3-11,17,19H,2,12-15H2,1H3,(H,21,23). The first-order valence-electron chi connectivity index (χ1n) is 9.26. The summed E-state index contributed by atoms with van der Waals surface area (Å²) in [5, 5.41) is 7.87. The van der Waals surface area contributed by atoms with Crippen molar-refractivity contribution in [3.05, 3.63) is 60.6 Å². The van der Waals surface area contributed by atoms with Gasteiger partial charge in [-0.2, -0.15) is 5.10 Å². The van der Waals surface area contributed by atoms with Crippen LogP contribution in [0.4, 0.5) is 5.82 Å². The fourth-order valence-electron chi connectivity index (χ4n) is 3.56. The minimum atomic E-state index is 0.141. The number of fused-ring (bicyclic) bond motifs is 1. The molecule has 1 fully saturated rings. The largest absolute Gasteiger partial charge is 0.373 e. The van der Waals surface area contributed by atoms with E-state index in [0.29, 0.717) is 0 Å². The first kappa shape index (κ1) is 17.0. The Kier molecular flexibility index (Phi) is 5.13. The summed E-state index contributed by atoms with van der Waals surface area (Å²) >= 11 is 0. The molecular weight excluding hydrogens is 326 g/mol. The highest BCUT2D eigenvalue weighted by molar-refractivity contribution is 5.67. The Morgan fingerprint density at radius 2 is 2.12 bits per heavy atom. The Hall–Kier alpha value is -2.44. The van der Waals surface area contributed by atoms with Crippen LogP contribution in [0, 0.1) is 0 Å². The highest BCUT2D eigenvalue weighted by Gasteiger charge is 2.28. The molecule has 3 aromatic rings. The van der Waals surface area contributed by atoms with Crippen molar-refractivity contribution in [3.63, 3.8) is 0 Å². The van der Waals surface area contributed by atoms with E-state index >= 15 is 0 Å². The molecule has 0 spiro atoms. The van der Waals surface area contributed by atoms with E-state index in [9.17, 15) is 0 Å². The quantitative estimate of drug-likeness (QED) is 0.740. The van der Waals surface area contributed by atoms with Crippen molar-refractivity contribution in [2.45, 2.75) is 32.0 Å². The van der Waals surface area contributed by atoms with E-state index in [-0.39, 0.29) is 12.1 Å². The van der Waals surface area contributed by atoms with Crippen molar-refractivity contribution in [3.8, 4) is 0 Å². The molecule has 0 radical (unpaired) electrons. The normalized spacial score (nSPS) is 19.5. The number of hydrogen-bond donors (Lipinski definition) is 1. The van der Waals surface area contributed by atoms with Gasteiger partial charge in [-0.25, -0.2) is 9.50 Å². The molecule has 26 heavy (non-hydrogen) atoms. The first-order valence-corrected chi connectivity index (χ1v) is 9.26. The number of nitrogens with zero attached hydrogens (tertiary/aromatic N) is 4. The SMILES string of the molecule is CCC(Nc1nccn2nccc12)C1CN(Cc2ccccc2)CCO1. The third-order valence-corrected chi connectivity index (χ3v) is 4.96. The average Bonchev–Trinajstić information content (AvgIpc) is 3.17. The van der Waals surface area contributed by atoms with E-state index in [1.54, 1.807) is 12.4 Å². The summed E-state index contributed by atoms with van der Waals surface area (Å²) in [6.45, 7) is 5.81. The van der Waals surface area contributed by atoms with Gasteiger partial charge in [-0.05, 0) is 18.1 Å². The van der Waals surface area contributed by atoms with E-state index in [2.05, 4.69) is 57.6 Å². The number of benzene rings is 1. The van der Waals surface area contributed by atoms with Crippen LogP contribution in [0.2, 0.25) is 0 Å². The van der Waals surface area contributed by atoms with Crippen LogP contribution in [0.25, 0.3) is 5.52 Å². The van der Waals surface area contributed by atoms with Gasteiger partial charge < -0.3 is 10.1 Å². The minimum absolute atomic E-state index is 0.141. The van der Waals surface area contributed by atoms with E-state index < -0.39 is 0 Å². The molecule has 1 aliphatic rings. The molecule has 3 heterocycles. The topological polar surface area (TPSA) is 54.7 Å². The molecule has 6 heteroatoms. The Morgan fingerprint density at radius 3 is 2.96 bits per heavy atom. The molecule has 1 aromatic carbocycles.